The van der Waals surface area contributed by atoms with E-state index < -0.39 is 29.7 Å². The molecule has 4 aliphatic rings. The molecule has 31 heteroatoms. The van der Waals surface area contributed by atoms with E-state index in [9.17, 15) is 39.1 Å². The smallest absolute Gasteiger partial charge is 0.550 e. The first-order chi connectivity index (χ1) is 49.9. The number of nitriles is 1. The molecule has 6 unspecified atom stereocenters. The first kappa shape index (κ1) is 87.1. The normalized spacial score (nSPS) is 18.2. The van der Waals surface area contributed by atoms with Gasteiger partial charge in [-0.2, -0.15) is 25.7 Å². The van der Waals surface area contributed by atoms with Gasteiger partial charge in [-0.05, 0) is 125 Å². The number of hydrogen-bond donors (Lipinski definition) is 2. The fourth-order valence-corrected chi connectivity index (χ4v) is 14.0. The summed E-state index contributed by atoms with van der Waals surface area (Å²) in [4.78, 5) is 85.7. The summed E-state index contributed by atoms with van der Waals surface area (Å²) in [5, 5.41) is 57.0. The zero-order valence-electron chi connectivity index (χ0n) is 60.3. The van der Waals surface area contributed by atoms with Crippen molar-refractivity contribution in [2.24, 2.45) is 56.0 Å². The van der Waals surface area contributed by atoms with Crippen molar-refractivity contribution in [3.05, 3.63) is 97.8 Å². The fourth-order valence-electron chi connectivity index (χ4n) is 12.2. The number of carboxylic acid groups (broad SMARTS) is 1. The summed E-state index contributed by atoms with van der Waals surface area (Å²) in [6.07, 6.45) is 9.48. The molecule has 2 aromatic heterocycles. The molecule has 28 nitrogen and oxygen atoms in total. The van der Waals surface area contributed by atoms with E-state index >= 15 is 0 Å². The standard InChI is InChI=1S/C41H53N5O10S.C24H31N5O5S.C8H10O3.Na/c1-27-25-30(13-14-35(27)44-45-38-37(43-4)28(2)36(26-42)57-38)46(16-18-53-21-23-55-40(50)33-11-7-5-9-31(33)29(3)47)15-17-52-19-20-54-22-24-56-41(51)34-12-8-6-10-32(34)39(48)49;1-18-17-20(29(7-11-32-13-9-30)8-12-33-15-16-34-14-10-31)5-6-21(18)27-28-24-22(25-3)19(2)23(26-4)35-24;9-7-5-3-1-2-4-6(5)8(10)11-7;/h13-14,25,31-34H,5-12,15-24H2,1-3H3,(H,48,49);5-6,17,30-31H,7-16H2,1-2H3;5-6H,1-4H2;/q;;;+1/p-1. The number of thiophene rings is 2. The number of azo groups is 2. The van der Waals surface area contributed by atoms with Gasteiger partial charge in [0.05, 0.1) is 152 Å². The van der Waals surface area contributed by atoms with Crippen LogP contribution < -0.4 is 44.5 Å². The Morgan fingerprint density at radius 1 is 0.548 bits per heavy atom. The van der Waals surface area contributed by atoms with Gasteiger partial charge in [-0.25, -0.2) is 14.5 Å². The van der Waals surface area contributed by atoms with E-state index in [2.05, 4.69) is 55.6 Å². The minimum absolute atomic E-state index is 0. The number of aliphatic hydroxyl groups is 2. The molecule has 2 N–H and O–H groups in total. The second-order valence-electron chi connectivity index (χ2n) is 24.8. The summed E-state index contributed by atoms with van der Waals surface area (Å²) in [5.74, 6) is -4.98. The number of cyclic esters (lactones) is 2. The van der Waals surface area contributed by atoms with Crippen LogP contribution in [-0.2, 0) is 71.4 Å². The number of aryl methyl sites for hydroxylation is 2. The average molecular weight is 1490 g/mol. The predicted molar refractivity (Wildman–Crippen MR) is 381 cm³/mol. The topological polar surface area (TPSA) is 342 Å². The number of rotatable bonds is 38. The second-order valence-corrected chi connectivity index (χ2v) is 26.8. The van der Waals surface area contributed by atoms with Gasteiger partial charge in [0.1, 0.15) is 35.1 Å². The number of ether oxygens (including phenoxy) is 9. The molecule has 4 aromatic rings. The molecule has 556 valence electrons. The van der Waals surface area contributed by atoms with E-state index in [1.165, 1.54) is 18.3 Å². The summed E-state index contributed by atoms with van der Waals surface area (Å²) in [6, 6.07) is 13.6. The maximum atomic E-state index is 12.7. The number of esters is 4. The maximum Gasteiger partial charge on any atom is 1.00 e. The quantitative estimate of drug-likeness (QED) is 0.00805. The zero-order chi connectivity index (χ0) is 74.5. The first-order valence-corrected chi connectivity index (χ1v) is 36.3. The maximum absolute atomic E-state index is 12.7. The molecule has 3 aliphatic carbocycles. The molecular formula is C73H93N10NaO18S2. The number of anilines is 2. The Kier molecular flexibility index (Phi) is 40.1. The molecule has 0 spiro atoms. The van der Waals surface area contributed by atoms with Gasteiger partial charge in [0, 0.05) is 55.4 Å². The van der Waals surface area contributed by atoms with E-state index in [0.29, 0.717) is 152 Å². The Balaban J connectivity index is 0.000000347. The van der Waals surface area contributed by atoms with Gasteiger partial charge in [0.15, 0.2) is 0 Å². The number of carboxylic acids is 1. The van der Waals surface area contributed by atoms with Crippen LogP contribution in [0.25, 0.3) is 14.5 Å². The summed E-state index contributed by atoms with van der Waals surface area (Å²) in [7, 11) is 0. The van der Waals surface area contributed by atoms with Crippen LogP contribution >= 0.6 is 22.7 Å². The number of nitrogens with zero attached hydrogens (tertiary/aromatic N) is 10. The Hall–Kier alpha value is -7.50. The number of fused-ring (bicyclic) bond motifs is 1. The number of Topliss-reactive ketones (excluding diaryl/α,β-unsaturated/α-hetero) is 1. The second kappa shape index (κ2) is 47.9. The van der Waals surface area contributed by atoms with Crippen molar-refractivity contribution >= 4 is 107 Å². The van der Waals surface area contributed by atoms with Crippen LogP contribution in [0.1, 0.15) is 111 Å². The fraction of sp³-hybridized carbons (Fsp3) is 0.589. The van der Waals surface area contributed by atoms with E-state index in [-0.39, 0.29) is 124 Å². The Morgan fingerprint density at radius 3 is 1.35 bits per heavy atom. The third kappa shape index (κ3) is 27.4. The van der Waals surface area contributed by atoms with Crippen LogP contribution in [0, 0.1) is 94.2 Å². The first-order valence-electron chi connectivity index (χ1n) is 34.7. The summed E-state index contributed by atoms with van der Waals surface area (Å²) >= 11 is 2.30. The molecule has 1 saturated heterocycles. The number of hydrogen-bond acceptors (Lipinski definition) is 27. The van der Waals surface area contributed by atoms with E-state index in [4.69, 9.17) is 67.8 Å². The van der Waals surface area contributed by atoms with Gasteiger partial charge < -0.3 is 72.5 Å². The zero-order valence-corrected chi connectivity index (χ0v) is 63.9. The summed E-state index contributed by atoms with van der Waals surface area (Å²) in [6.45, 7) is 37.3. The molecule has 4 fully saturated rings. The van der Waals surface area contributed by atoms with Crippen molar-refractivity contribution < 1.29 is 116 Å². The van der Waals surface area contributed by atoms with Crippen molar-refractivity contribution in [2.75, 3.05) is 142 Å². The number of aliphatic carboxylic acids is 1. The Bertz CT molecular complexity index is 3670. The van der Waals surface area contributed by atoms with E-state index in [1.54, 1.807) is 13.8 Å². The SMILES string of the molecule is O=C1OC(=O)C2CCCCC12.[C-]#[N+]c1c(N=Nc2ccc(N(CCOCCOCCOC(=O)C3CCCCC3C(=O)[O-])CCOCCOC(=O)C3CCCCC3C(C)=O)cc2C)sc(C#N)c1C.[C-]#[N+]c1sc(N=Nc2ccc(N(CCOCCO)CCOCCOCCO)cc2C)c([N+]#[C-])c1C.[Na+]. The van der Waals surface area contributed by atoms with Gasteiger partial charge in [0.25, 0.3) is 0 Å². The van der Waals surface area contributed by atoms with E-state index in [1.807, 2.05) is 50.2 Å². The average Bonchev–Trinajstić information content (AvgIpc) is 1.78. The van der Waals surface area contributed by atoms with Crippen LogP contribution in [0.2, 0.25) is 0 Å². The predicted octanol–water partition coefficient (Wildman–Crippen LogP) is 8.70. The third-order valence-electron chi connectivity index (χ3n) is 17.9. The minimum Gasteiger partial charge on any atom is -0.550 e. The van der Waals surface area contributed by atoms with Gasteiger partial charge in [0.2, 0.25) is 16.4 Å². The van der Waals surface area contributed by atoms with Crippen LogP contribution in [0.3, 0.4) is 0 Å². The van der Waals surface area contributed by atoms with Crippen LogP contribution in [0.5, 0.6) is 0 Å². The Labute approximate surface area is 638 Å². The number of carbonyl (C=O) groups is 6. The van der Waals surface area contributed by atoms with Crippen molar-refractivity contribution in [1.29, 1.82) is 5.26 Å². The Morgan fingerprint density at radius 2 is 0.933 bits per heavy atom. The summed E-state index contributed by atoms with van der Waals surface area (Å²) in [5.41, 5.74) is 6.82. The van der Waals surface area contributed by atoms with Gasteiger partial charge in [-0.15, -0.1) is 22.7 Å². The van der Waals surface area contributed by atoms with E-state index in [0.717, 1.165) is 91.6 Å². The molecule has 3 heterocycles. The van der Waals surface area contributed by atoms with Crippen molar-refractivity contribution in [3.63, 3.8) is 0 Å². The van der Waals surface area contributed by atoms with Gasteiger partial charge in [-0.3, -0.25) is 24.0 Å². The largest absolute Gasteiger partial charge is 1.00 e. The molecule has 0 radical (unpaired) electrons. The number of benzene rings is 2. The number of ketones is 1. The minimum atomic E-state index is -1.21. The van der Waals surface area contributed by atoms with Crippen molar-refractivity contribution in [1.82, 2.24) is 0 Å². The molecular weight excluding hydrogens is 1390 g/mol. The number of aliphatic hydroxyl groups excluding tert-OH is 2. The van der Waals surface area contributed by atoms with Gasteiger partial charge >= 0.3 is 53.4 Å². The van der Waals surface area contributed by atoms with Gasteiger partial charge in [-0.1, -0.05) is 45.4 Å². The molecule has 2 aromatic carbocycles. The molecule has 0 amide bonds. The van der Waals surface area contributed by atoms with Crippen molar-refractivity contribution in [3.8, 4) is 6.07 Å². The molecule has 104 heavy (non-hydrogen) atoms. The molecule has 6 atom stereocenters. The van der Waals surface area contributed by atoms with Crippen LogP contribution in [0.4, 0.5) is 49.1 Å². The molecule has 8 rings (SSSR count). The van der Waals surface area contributed by atoms with Crippen molar-refractivity contribution in [2.45, 2.75) is 112 Å². The molecule has 1 aliphatic heterocycles. The molecule has 3 saturated carbocycles. The monoisotopic (exact) mass is 1480 g/mol. The third-order valence-corrected chi connectivity index (χ3v) is 20.0. The van der Waals surface area contributed by atoms with Crippen LogP contribution in [-0.4, -0.2) is 178 Å². The van der Waals surface area contributed by atoms with Crippen LogP contribution in [0.15, 0.2) is 56.9 Å². The number of carbonyl (C=O) groups excluding carboxylic acids is 6. The summed E-state index contributed by atoms with van der Waals surface area (Å²) < 4.78 is 48.8. The molecule has 0 bridgehead atoms.